The van der Waals surface area contributed by atoms with Gasteiger partial charge in [0.05, 0.1) is 12.6 Å². The first-order valence-electron chi connectivity index (χ1n) is 10.7. The summed E-state index contributed by atoms with van der Waals surface area (Å²) in [6, 6.07) is 14.8. The maximum atomic E-state index is 13.3. The fraction of sp³-hybridized carbons (Fsp3) is 0.391. The third-order valence-corrected chi connectivity index (χ3v) is 5.66. The number of amides is 2. The van der Waals surface area contributed by atoms with Gasteiger partial charge in [0.15, 0.2) is 0 Å². The quantitative estimate of drug-likeness (QED) is 0.634. The van der Waals surface area contributed by atoms with Crippen LogP contribution in [0.15, 0.2) is 48.5 Å². The van der Waals surface area contributed by atoms with Gasteiger partial charge in [-0.15, -0.1) is 5.10 Å². The van der Waals surface area contributed by atoms with E-state index in [1.165, 1.54) is 11.3 Å². The summed E-state index contributed by atoms with van der Waals surface area (Å²) in [5, 5.41) is 11.3. The first kappa shape index (κ1) is 20.8. The van der Waals surface area contributed by atoms with E-state index in [-0.39, 0.29) is 30.9 Å². The van der Waals surface area contributed by atoms with Crippen LogP contribution in [0.1, 0.15) is 32.1 Å². The summed E-state index contributed by atoms with van der Waals surface area (Å²) in [5.74, 6) is 0.296. The second-order valence-corrected chi connectivity index (χ2v) is 7.82. The number of benzene rings is 2. The highest BCUT2D eigenvalue weighted by Gasteiger charge is 2.23. The lowest BCUT2D eigenvalue weighted by atomic mass is 9.95. The van der Waals surface area contributed by atoms with E-state index in [9.17, 15) is 9.59 Å². The zero-order chi connectivity index (χ0) is 21.6. The highest BCUT2D eigenvalue weighted by molar-refractivity contribution is 5.99. The smallest absolute Gasteiger partial charge is 0.249 e. The average molecular weight is 422 g/mol. The Balaban J connectivity index is 1.53. The van der Waals surface area contributed by atoms with Crippen molar-refractivity contribution in [3.63, 3.8) is 0 Å². The van der Waals surface area contributed by atoms with Gasteiger partial charge in [-0.1, -0.05) is 36.6 Å². The topological polar surface area (TPSA) is 89.4 Å². The molecule has 1 fully saturated rings. The van der Waals surface area contributed by atoms with E-state index in [1.807, 2.05) is 24.3 Å². The van der Waals surface area contributed by atoms with Crippen molar-refractivity contribution in [3.05, 3.63) is 48.5 Å². The second-order valence-electron chi connectivity index (χ2n) is 7.82. The zero-order valence-electron chi connectivity index (χ0n) is 17.7. The lowest BCUT2D eigenvalue weighted by molar-refractivity contribution is -0.124. The number of nitrogens with zero attached hydrogens (tertiary/aromatic N) is 4. The number of hydrogen-bond donors (Lipinski definition) is 1. The molecule has 1 heterocycles. The predicted molar refractivity (Wildman–Crippen MR) is 118 cm³/mol. The molecular formula is C23H27N5O3. The summed E-state index contributed by atoms with van der Waals surface area (Å²) in [6.45, 7) is -0.0580. The molecule has 0 spiro atoms. The van der Waals surface area contributed by atoms with Gasteiger partial charge < -0.3 is 15.0 Å². The number of ether oxygens (including phenoxy) is 1. The molecule has 0 bridgehead atoms. The van der Waals surface area contributed by atoms with Crippen LogP contribution in [0.5, 0.6) is 5.75 Å². The molecule has 1 saturated carbocycles. The third kappa shape index (κ3) is 5.02. The van der Waals surface area contributed by atoms with Crippen LogP contribution in [-0.4, -0.2) is 46.5 Å². The SMILES string of the molecule is COc1ccc(N(CC(=O)NC2CCCCC2)C(=O)Cn2nnc3ccccc32)cc1. The lowest BCUT2D eigenvalue weighted by Crippen LogP contribution is -2.45. The van der Waals surface area contributed by atoms with Crippen LogP contribution in [0.3, 0.4) is 0 Å². The summed E-state index contributed by atoms with van der Waals surface area (Å²) >= 11 is 0. The minimum Gasteiger partial charge on any atom is -0.497 e. The highest BCUT2D eigenvalue weighted by atomic mass is 16.5. The summed E-state index contributed by atoms with van der Waals surface area (Å²) < 4.78 is 6.78. The first-order valence-corrected chi connectivity index (χ1v) is 10.7. The molecule has 1 aliphatic rings. The molecule has 4 rings (SSSR count). The van der Waals surface area contributed by atoms with Crippen LogP contribution < -0.4 is 15.0 Å². The normalized spacial score (nSPS) is 14.4. The molecule has 8 nitrogen and oxygen atoms in total. The number of rotatable bonds is 7. The Kier molecular flexibility index (Phi) is 6.45. The Bertz CT molecular complexity index is 1040. The molecule has 2 aromatic carbocycles. The number of anilines is 1. The Hall–Kier alpha value is -3.42. The number of fused-ring (bicyclic) bond motifs is 1. The van der Waals surface area contributed by atoms with E-state index < -0.39 is 0 Å². The van der Waals surface area contributed by atoms with Gasteiger partial charge in [-0.05, 0) is 49.2 Å². The van der Waals surface area contributed by atoms with E-state index in [2.05, 4.69) is 15.6 Å². The number of carbonyl (C=O) groups is 2. The predicted octanol–water partition coefficient (Wildman–Crippen LogP) is 2.92. The molecule has 3 aromatic rings. The maximum Gasteiger partial charge on any atom is 0.249 e. The first-order chi connectivity index (χ1) is 15.1. The van der Waals surface area contributed by atoms with E-state index in [0.29, 0.717) is 11.4 Å². The molecule has 0 radical (unpaired) electrons. The molecule has 0 unspecified atom stereocenters. The molecule has 2 amide bonds. The van der Waals surface area contributed by atoms with Crippen molar-refractivity contribution in [2.75, 3.05) is 18.6 Å². The van der Waals surface area contributed by atoms with Crippen molar-refractivity contribution < 1.29 is 14.3 Å². The van der Waals surface area contributed by atoms with Gasteiger partial charge in [0.25, 0.3) is 0 Å². The highest BCUT2D eigenvalue weighted by Crippen LogP contribution is 2.21. The Labute approximate surface area is 181 Å². The van der Waals surface area contributed by atoms with Gasteiger partial charge in [-0.3, -0.25) is 9.59 Å². The van der Waals surface area contributed by atoms with Gasteiger partial charge >= 0.3 is 0 Å². The van der Waals surface area contributed by atoms with Crippen LogP contribution in [0.25, 0.3) is 11.0 Å². The standard InChI is InChI=1S/C23H27N5O3/c1-31-19-13-11-18(12-14-19)27(15-22(29)24-17-7-3-2-4-8-17)23(30)16-28-21-10-6-5-9-20(21)25-26-28/h5-6,9-14,17H,2-4,7-8,15-16H2,1H3,(H,24,29). The number of hydrogen-bond acceptors (Lipinski definition) is 5. The molecule has 31 heavy (non-hydrogen) atoms. The molecule has 8 heteroatoms. The zero-order valence-corrected chi connectivity index (χ0v) is 17.7. The lowest BCUT2D eigenvalue weighted by Gasteiger charge is -2.26. The van der Waals surface area contributed by atoms with Crippen molar-refractivity contribution >= 4 is 28.5 Å². The summed E-state index contributed by atoms with van der Waals surface area (Å²) in [7, 11) is 1.59. The molecule has 1 aliphatic carbocycles. The Morgan fingerprint density at radius 1 is 1.10 bits per heavy atom. The molecule has 0 aliphatic heterocycles. The van der Waals surface area contributed by atoms with E-state index in [1.54, 1.807) is 36.1 Å². The van der Waals surface area contributed by atoms with Crippen molar-refractivity contribution in [1.82, 2.24) is 20.3 Å². The molecule has 0 atom stereocenters. The number of para-hydroxylation sites is 1. The molecule has 1 aromatic heterocycles. The van der Waals surface area contributed by atoms with Gasteiger partial charge in [0.2, 0.25) is 11.8 Å². The second kappa shape index (κ2) is 9.59. The fourth-order valence-electron chi connectivity index (χ4n) is 4.00. The largest absolute Gasteiger partial charge is 0.497 e. The van der Waals surface area contributed by atoms with Crippen LogP contribution >= 0.6 is 0 Å². The average Bonchev–Trinajstić information content (AvgIpc) is 3.21. The number of methoxy groups -OCH3 is 1. The fourth-order valence-corrected chi connectivity index (χ4v) is 4.00. The molecule has 1 N–H and O–H groups in total. The van der Waals surface area contributed by atoms with Crippen molar-refractivity contribution in [2.45, 2.75) is 44.7 Å². The van der Waals surface area contributed by atoms with E-state index in [4.69, 9.17) is 4.74 Å². The minimum atomic E-state index is -0.236. The molecular weight excluding hydrogens is 394 g/mol. The molecule has 0 saturated heterocycles. The van der Waals surface area contributed by atoms with Gasteiger partial charge in [0, 0.05) is 11.7 Å². The van der Waals surface area contributed by atoms with Gasteiger partial charge in [-0.2, -0.15) is 0 Å². The summed E-state index contributed by atoms with van der Waals surface area (Å²) in [6.07, 6.45) is 5.46. The number of nitrogens with one attached hydrogen (secondary N) is 1. The van der Waals surface area contributed by atoms with Crippen LogP contribution in [0.2, 0.25) is 0 Å². The van der Waals surface area contributed by atoms with E-state index in [0.717, 1.165) is 36.7 Å². The maximum absolute atomic E-state index is 13.3. The van der Waals surface area contributed by atoms with Crippen molar-refractivity contribution in [3.8, 4) is 5.75 Å². The summed E-state index contributed by atoms with van der Waals surface area (Å²) in [5.41, 5.74) is 2.13. The van der Waals surface area contributed by atoms with Crippen molar-refractivity contribution in [1.29, 1.82) is 0 Å². The third-order valence-electron chi connectivity index (χ3n) is 5.66. The van der Waals surface area contributed by atoms with Crippen LogP contribution in [0.4, 0.5) is 5.69 Å². The minimum absolute atomic E-state index is 0.0107. The Morgan fingerprint density at radius 3 is 2.58 bits per heavy atom. The summed E-state index contributed by atoms with van der Waals surface area (Å²) in [4.78, 5) is 27.5. The van der Waals surface area contributed by atoms with Gasteiger partial charge in [0.1, 0.15) is 24.4 Å². The molecule has 162 valence electrons. The van der Waals surface area contributed by atoms with Gasteiger partial charge in [-0.25, -0.2) is 4.68 Å². The van der Waals surface area contributed by atoms with Crippen LogP contribution in [0, 0.1) is 0 Å². The van der Waals surface area contributed by atoms with Crippen molar-refractivity contribution in [2.24, 2.45) is 0 Å². The van der Waals surface area contributed by atoms with E-state index >= 15 is 0 Å². The monoisotopic (exact) mass is 421 g/mol. The number of aromatic nitrogens is 3. The Morgan fingerprint density at radius 2 is 1.84 bits per heavy atom. The van der Waals surface area contributed by atoms with Crippen LogP contribution in [-0.2, 0) is 16.1 Å². The number of carbonyl (C=O) groups excluding carboxylic acids is 2.